The first-order valence-corrected chi connectivity index (χ1v) is 9.63. The fourth-order valence-corrected chi connectivity index (χ4v) is 3.43. The van der Waals surface area contributed by atoms with Gasteiger partial charge in [-0.3, -0.25) is 10.1 Å². The smallest absolute Gasteiger partial charge is 0.264 e. The summed E-state index contributed by atoms with van der Waals surface area (Å²) in [6.07, 6.45) is 2.14. The molecule has 0 aliphatic heterocycles. The molecule has 6 heteroatoms. The zero-order valence-electron chi connectivity index (χ0n) is 14.4. The molecule has 2 aromatic carbocycles. The van der Waals surface area contributed by atoms with Crippen molar-refractivity contribution in [3.63, 3.8) is 0 Å². The molecule has 0 saturated carbocycles. The predicted molar refractivity (Wildman–Crippen MR) is 107 cm³/mol. The maximum Gasteiger partial charge on any atom is 0.264 e. The third kappa shape index (κ3) is 4.84. The molecule has 0 bridgehead atoms. The number of rotatable bonds is 7. The van der Waals surface area contributed by atoms with E-state index < -0.39 is 0 Å². The summed E-state index contributed by atoms with van der Waals surface area (Å²) < 4.78 is 5.53. The topological polar surface area (TPSA) is 51.2 Å². The van der Waals surface area contributed by atoms with Crippen molar-refractivity contribution in [3.05, 3.63) is 64.5 Å². The van der Waals surface area contributed by atoms with Gasteiger partial charge in [-0.15, -0.1) is 11.3 Å². The van der Waals surface area contributed by atoms with Gasteiger partial charge in [-0.1, -0.05) is 55.3 Å². The van der Waals surface area contributed by atoms with E-state index in [1.54, 1.807) is 0 Å². The van der Waals surface area contributed by atoms with Crippen LogP contribution in [-0.2, 0) is 11.2 Å². The van der Waals surface area contributed by atoms with Crippen LogP contribution >= 0.6 is 22.9 Å². The Bertz CT molecular complexity index is 878. The van der Waals surface area contributed by atoms with Crippen molar-refractivity contribution in [3.8, 4) is 17.0 Å². The number of halogens is 1. The molecular formula is C20H19ClN2O2S. The van der Waals surface area contributed by atoms with Crippen molar-refractivity contribution in [2.75, 3.05) is 11.9 Å². The highest BCUT2D eigenvalue weighted by molar-refractivity contribution is 7.14. The summed E-state index contributed by atoms with van der Waals surface area (Å²) in [5, 5.41) is 5.77. The molecule has 1 N–H and O–H groups in total. The number of aromatic nitrogens is 1. The first-order valence-electron chi connectivity index (χ1n) is 8.37. The maximum atomic E-state index is 12.1. The van der Waals surface area contributed by atoms with Crippen LogP contribution in [0.3, 0.4) is 0 Å². The summed E-state index contributed by atoms with van der Waals surface area (Å²) in [6, 6.07) is 15.3. The molecule has 3 aromatic rings. The number of benzene rings is 2. The summed E-state index contributed by atoms with van der Waals surface area (Å²) in [4.78, 5) is 16.5. The van der Waals surface area contributed by atoms with Crippen LogP contribution < -0.4 is 10.1 Å². The zero-order chi connectivity index (χ0) is 18.4. The second-order valence-corrected chi connectivity index (χ2v) is 7.01. The Hall–Kier alpha value is -2.37. The van der Waals surface area contributed by atoms with Crippen molar-refractivity contribution in [1.82, 2.24) is 4.98 Å². The number of carbonyl (C=O) groups excluding carboxylic acids is 1. The van der Waals surface area contributed by atoms with E-state index in [9.17, 15) is 4.79 Å². The number of hydrogen-bond acceptors (Lipinski definition) is 4. The molecule has 0 saturated heterocycles. The lowest BCUT2D eigenvalue weighted by Crippen LogP contribution is -2.20. The first-order chi connectivity index (χ1) is 12.7. The first kappa shape index (κ1) is 18.4. The second-order valence-electron chi connectivity index (χ2n) is 5.75. The van der Waals surface area contributed by atoms with E-state index >= 15 is 0 Å². The van der Waals surface area contributed by atoms with Crippen molar-refractivity contribution < 1.29 is 9.53 Å². The number of amides is 1. The van der Waals surface area contributed by atoms with E-state index in [1.807, 2.05) is 53.9 Å². The fourth-order valence-electron chi connectivity index (χ4n) is 2.47. The van der Waals surface area contributed by atoms with Gasteiger partial charge in [0.15, 0.2) is 11.7 Å². The van der Waals surface area contributed by atoms with Crippen LogP contribution in [0.2, 0.25) is 5.02 Å². The van der Waals surface area contributed by atoms with Gasteiger partial charge in [0.2, 0.25) is 0 Å². The minimum Gasteiger partial charge on any atom is -0.484 e. The average Bonchev–Trinajstić information content (AvgIpc) is 3.10. The molecule has 4 nitrogen and oxygen atoms in total. The van der Waals surface area contributed by atoms with Crippen LogP contribution in [0.4, 0.5) is 5.13 Å². The minimum absolute atomic E-state index is 0.0614. The highest BCUT2D eigenvalue weighted by Gasteiger charge is 2.10. The highest BCUT2D eigenvalue weighted by atomic mass is 35.5. The van der Waals surface area contributed by atoms with E-state index in [0.29, 0.717) is 15.9 Å². The van der Waals surface area contributed by atoms with Gasteiger partial charge in [0.1, 0.15) is 5.75 Å². The van der Waals surface area contributed by atoms with Crippen LogP contribution in [0.5, 0.6) is 5.75 Å². The van der Waals surface area contributed by atoms with Crippen LogP contribution in [-0.4, -0.2) is 17.5 Å². The van der Waals surface area contributed by atoms with E-state index in [4.69, 9.17) is 16.3 Å². The summed E-state index contributed by atoms with van der Waals surface area (Å²) >= 11 is 7.53. The molecule has 0 spiro atoms. The van der Waals surface area contributed by atoms with Gasteiger partial charge < -0.3 is 4.74 Å². The Labute approximate surface area is 161 Å². The van der Waals surface area contributed by atoms with Crippen molar-refractivity contribution in [2.24, 2.45) is 0 Å². The summed E-state index contributed by atoms with van der Waals surface area (Å²) in [6.45, 7) is 2.08. The molecule has 0 fully saturated rings. The molecule has 0 aliphatic carbocycles. The molecule has 0 atom stereocenters. The lowest BCUT2D eigenvalue weighted by molar-refractivity contribution is -0.118. The van der Waals surface area contributed by atoms with Crippen LogP contribution in [0.1, 0.15) is 18.9 Å². The standard InChI is InChI=1S/C20H19ClN2O2S/c1-2-5-14-8-10-15(11-9-14)25-12-19(24)23-20-22-18(13-26-20)16-6-3-4-7-17(16)21/h3-4,6-11,13H,2,5,12H2,1H3,(H,22,23,24). The van der Waals surface area contributed by atoms with Crippen LogP contribution in [0.25, 0.3) is 11.3 Å². The average molecular weight is 387 g/mol. The van der Waals surface area contributed by atoms with Gasteiger partial charge in [0.05, 0.1) is 5.69 Å². The van der Waals surface area contributed by atoms with Crippen LogP contribution in [0, 0.1) is 0 Å². The third-order valence-corrected chi connectivity index (χ3v) is 4.82. The normalized spacial score (nSPS) is 10.5. The van der Waals surface area contributed by atoms with Crippen LogP contribution in [0.15, 0.2) is 53.9 Å². The lowest BCUT2D eigenvalue weighted by Gasteiger charge is -2.06. The SMILES string of the molecule is CCCc1ccc(OCC(=O)Nc2nc(-c3ccccc3Cl)cs2)cc1. The fraction of sp³-hybridized carbons (Fsp3) is 0.200. The number of carbonyl (C=O) groups is 1. The van der Waals surface area contributed by atoms with Gasteiger partial charge in [-0.05, 0) is 30.2 Å². The van der Waals surface area contributed by atoms with Gasteiger partial charge in [-0.2, -0.15) is 0 Å². The number of thiazole rings is 1. The molecule has 1 amide bonds. The Morgan fingerprint density at radius 1 is 1.19 bits per heavy atom. The number of ether oxygens (including phenoxy) is 1. The van der Waals surface area contributed by atoms with Crippen molar-refractivity contribution in [2.45, 2.75) is 19.8 Å². The molecule has 26 heavy (non-hydrogen) atoms. The predicted octanol–water partition coefficient (Wildman–Crippen LogP) is 5.43. The van der Waals surface area contributed by atoms with Crippen molar-refractivity contribution >= 4 is 34.0 Å². The Kier molecular flexibility index (Phi) is 6.26. The molecule has 0 unspecified atom stereocenters. The summed E-state index contributed by atoms with van der Waals surface area (Å²) in [7, 11) is 0. The largest absolute Gasteiger partial charge is 0.484 e. The van der Waals surface area contributed by atoms with Gasteiger partial charge in [0.25, 0.3) is 5.91 Å². The van der Waals surface area contributed by atoms with E-state index in [-0.39, 0.29) is 12.5 Å². The van der Waals surface area contributed by atoms with Crippen molar-refractivity contribution in [1.29, 1.82) is 0 Å². The second kappa shape index (κ2) is 8.83. The Balaban J connectivity index is 1.55. The number of anilines is 1. The molecule has 3 rings (SSSR count). The molecule has 0 aliphatic rings. The Morgan fingerprint density at radius 2 is 1.96 bits per heavy atom. The lowest BCUT2D eigenvalue weighted by atomic mass is 10.1. The Morgan fingerprint density at radius 3 is 2.69 bits per heavy atom. The number of nitrogens with one attached hydrogen (secondary N) is 1. The molecule has 134 valence electrons. The number of hydrogen-bond donors (Lipinski definition) is 1. The van der Waals surface area contributed by atoms with E-state index in [0.717, 1.165) is 24.1 Å². The zero-order valence-corrected chi connectivity index (χ0v) is 15.9. The molecule has 0 radical (unpaired) electrons. The van der Waals surface area contributed by atoms with E-state index in [1.165, 1.54) is 16.9 Å². The molecular weight excluding hydrogens is 368 g/mol. The number of nitrogens with zero attached hydrogens (tertiary/aromatic N) is 1. The van der Waals surface area contributed by atoms with E-state index in [2.05, 4.69) is 17.2 Å². The van der Waals surface area contributed by atoms with Gasteiger partial charge in [0, 0.05) is 16.0 Å². The minimum atomic E-state index is -0.248. The molecule has 1 aromatic heterocycles. The third-order valence-electron chi connectivity index (χ3n) is 3.73. The van der Waals surface area contributed by atoms with Gasteiger partial charge >= 0.3 is 0 Å². The monoisotopic (exact) mass is 386 g/mol. The molecule has 1 heterocycles. The quantitative estimate of drug-likeness (QED) is 0.588. The highest BCUT2D eigenvalue weighted by Crippen LogP contribution is 2.30. The summed E-state index contributed by atoms with van der Waals surface area (Å²) in [5.74, 6) is 0.429. The summed E-state index contributed by atoms with van der Waals surface area (Å²) in [5.41, 5.74) is 2.84. The maximum absolute atomic E-state index is 12.1. The number of aryl methyl sites for hydroxylation is 1. The van der Waals surface area contributed by atoms with Gasteiger partial charge in [-0.25, -0.2) is 4.98 Å².